The van der Waals surface area contributed by atoms with E-state index in [2.05, 4.69) is 12.2 Å². The molecule has 0 aromatic carbocycles. The van der Waals surface area contributed by atoms with Crippen molar-refractivity contribution >= 4 is 0 Å². The molecule has 1 N–H and O–H groups in total. The van der Waals surface area contributed by atoms with Gasteiger partial charge in [0.15, 0.2) is 0 Å². The van der Waals surface area contributed by atoms with Crippen molar-refractivity contribution in [1.82, 2.24) is 5.32 Å². The van der Waals surface area contributed by atoms with Crippen LogP contribution < -0.4 is 5.32 Å². The van der Waals surface area contributed by atoms with Crippen LogP contribution in [0.3, 0.4) is 0 Å². The first-order valence-corrected chi connectivity index (χ1v) is 6.24. The second-order valence-electron chi connectivity index (χ2n) is 4.25. The van der Waals surface area contributed by atoms with Gasteiger partial charge >= 0.3 is 0 Å². The molecule has 0 aliphatic carbocycles. The Hall–Kier alpha value is -0.0800. The van der Waals surface area contributed by atoms with Gasteiger partial charge in [0.2, 0.25) is 0 Å². The lowest BCUT2D eigenvalue weighted by molar-refractivity contribution is 0.117. The molecule has 1 saturated heterocycles. The maximum absolute atomic E-state index is 5.60. The fraction of sp³-hybridized carbons (Fsp3) is 1.00. The second-order valence-corrected chi connectivity index (χ2v) is 4.25. The summed E-state index contributed by atoms with van der Waals surface area (Å²) in [6.07, 6.45) is 9.12. The Morgan fingerprint density at radius 2 is 2.14 bits per heavy atom. The lowest BCUT2D eigenvalue weighted by Gasteiger charge is -2.23. The second kappa shape index (κ2) is 8.25. The van der Waals surface area contributed by atoms with Crippen LogP contribution >= 0.6 is 0 Å². The van der Waals surface area contributed by atoms with Gasteiger partial charge in [-0.1, -0.05) is 26.2 Å². The summed E-state index contributed by atoms with van der Waals surface area (Å²) in [5.41, 5.74) is 0. The summed E-state index contributed by atoms with van der Waals surface area (Å²) >= 11 is 0. The van der Waals surface area contributed by atoms with Crippen molar-refractivity contribution in [2.45, 2.75) is 57.9 Å². The number of hydrogen-bond acceptors (Lipinski definition) is 2. The highest BCUT2D eigenvalue weighted by atomic mass is 16.5. The van der Waals surface area contributed by atoms with Crippen LogP contribution in [-0.2, 0) is 4.74 Å². The fourth-order valence-electron chi connectivity index (χ4n) is 1.95. The molecule has 1 heterocycles. The third-order valence-electron chi connectivity index (χ3n) is 2.92. The van der Waals surface area contributed by atoms with E-state index in [4.69, 9.17) is 4.74 Å². The molecule has 0 saturated carbocycles. The lowest BCUT2D eigenvalue weighted by atomic mass is 10.0. The summed E-state index contributed by atoms with van der Waals surface area (Å²) in [4.78, 5) is 0. The summed E-state index contributed by atoms with van der Waals surface area (Å²) < 4.78 is 5.60. The average molecular weight is 199 g/mol. The molecule has 1 atom stereocenters. The molecule has 1 fully saturated rings. The van der Waals surface area contributed by atoms with Gasteiger partial charge in [0, 0.05) is 19.3 Å². The number of unbranched alkanes of at least 4 members (excludes halogenated alkanes) is 2. The summed E-state index contributed by atoms with van der Waals surface area (Å²) in [5.74, 6) is 0. The van der Waals surface area contributed by atoms with Gasteiger partial charge in [-0.3, -0.25) is 0 Å². The predicted molar refractivity (Wildman–Crippen MR) is 60.6 cm³/mol. The summed E-state index contributed by atoms with van der Waals surface area (Å²) in [5, 5.41) is 3.54. The van der Waals surface area contributed by atoms with Crippen molar-refractivity contribution in [2.75, 3.05) is 19.8 Å². The molecule has 1 aliphatic heterocycles. The van der Waals surface area contributed by atoms with Crippen LogP contribution in [0.15, 0.2) is 0 Å². The Morgan fingerprint density at radius 1 is 1.21 bits per heavy atom. The predicted octanol–water partition coefficient (Wildman–Crippen LogP) is 2.73. The standard InChI is InChI=1S/C12H25NO/c1-2-3-6-10-14-11-8-12-7-4-5-9-13-12/h12-13H,2-11H2,1H3/t12-/m0/s1. The third-order valence-corrected chi connectivity index (χ3v) is 2.92. The van der Waals surface area contributed by atoms with Crippen molar-refractivity contribution in [3.05, 3.63) is 0 Å². The van der Waals surface area contributed by atoms with Crippen molar-refractivity contribution in [3.63, 3.8) is 0 Å². The van der Waals surface area contributed by atoms with Gasteiger partial charge in [0.05, 0.1) is 0 Å². The molecule has 1 rings (SSSR count). The van der Waals surface area contributed by atoms with E-state index in [0.717, 1.165) is 19.3 Å². The molecule has 0 radical (unpaired) electrons. The zero-order valence-electron chi connectivity index (χ0n) is 9.56. The first-order chi connectivity index (χ1) is 6.93. The van der Waals surface area contributed by atoms with Crippen molar-refractivity contribution in [3.8, 4) is 0 Å². The third kappa shape index (κ3) is 5.61. The number of piperidine rings is 1. The molecule has 0 amide bonds. The van der Waals surface area contributed by atoms with Crippen LogP contribution in [0, 0.1) is 0 Å². The molecule has 0 aromatic heterocycles. The molecule has 14 heavy (non-hydrogen) atoms. The normalized spacial score (nSPS) is 22.5. The minimum absolute atomic E-state index is 0.731. The van der Waals surface area contributed by atoms with E-state index in [9.17, 15) is 0 Å². The minimum Gasteiger partial charge on any atom is -0.381 e. The topological polar surface area (TPSA) is 21.3 Å². The van der Waals surface area contributed by atoms with Gasteiger partial charge in [-0.25, -0.2) is 0 Å². The molecule has 0 spiro atoms. The summed E-state index contributed by atoms with van der Waals surface area (Å²) in [6, 6.07) is 0.731. The van der Waals surface area contributed by atoms with Gasteiger partial charge in [-0.15, -0.1) is 0 Å². The molecule has 1 aliphatic rings. The Kier molecular flexibility index (Phi) is 7.06. The highest BCUT2D eigenvalue weighted by Crippen LogP contribution is 2.09. The molecule has 0 unspecified atom stereocenters. The Labute approximate surface area is 88.4 Å². The van der Waals surface area contributed by atoms with E-state index in [0.29, 0.717) is 0 Å². The maximum Gasteiger partial charge on any atom is 0.0480 e. The molecular formula is C12H25NO. The van der Waals surface area contributed by atoms with Crippen molar-refractivity contribution < 1.29 is 4.74 Å². The van der Waals surface area contributed by atoms with E-state index >= 15 is 0 Å². The lowest BCUT2D eigenvalue weighted by Crippen LogP contribution is -2.34. The van der Waals surface area contributed by atoms with E-state index in [1.54, 1.807) is 0 Å². The summed E-state index contributed by atoms with van der Waals surface area (Å²) in [7, 11) is 0. The van der Waals surface area contributed by atoms with Crippen LogP contribution in [-0.4, -0.2) is 25.8 Å². The van der Waals surface area contributed by atoms with Crippen LogP contribution in [0.1, 0.15) is 51.9 Å². The Morgan fingerprint density at radius 3 is 2.86 bits per heavy atom. The molecule has 2 heteroatoms. The Balaban J connectivity index is 1.82. The molecule has 0 aromatic rings. The van der Waals surface area contributed by atoms with Gasteiger partial charge < -0.3 is 10.1 Å². The number of hydrogen-bond donors (Lipinski definition) is 1. The number of rotatable bonds is 7. The van der Waals surface area contributed by atoms with E-state index in [1.165, 1.54) is 51.5 Å². The largest absolute Gasteiger partial charge is 0.381 e. The zero-order chi connectivity index (χ0) is 10.1. The van der Waals surface area contributed by atoms with E-state index < -0.39 is 0 Å². The molecule has 2 nitrogen and oxygen atoms in total. The highest BCUT2D eigenvalue weighted by Gasteiger charge is 2.11. The molecular weight excluding hydrogens is 174 g/mol. The highest BCUT2D eigenvalue weighted by molar-refractivity contribution is 4.71. The van der Waals surface area contributed by atoms with E-state index in [-0.39, 0.29) is 0 Å². The van der Waals surface area contributed by atoms with Gasteiger partial charge in [-0.05, 0) is 32.2 Å². The number of nitrogens with one attached hydrogen (secondary N) is 1. The van der Waals surface area contributed by atoms with Gasteiger partial charge in [-0.2, -0.15) is 0 Å². The van der Waals surface area contributed by atoms with Gasteiger partial charge in [0.1, 0.15) is 0 Å². The number of ether oxygens (including phenoxy) is 1. The van der Waals surface area contributed by atoms with Crippen molar-refractivity contribution in [2.24, 2.45) is 0 Å². The van der Waals surface area contributed by atoms with Gasteiger partial charge in [0.25, 0.3) is 0 Å². The maximum atomic E-state index is 5.60. The first-order valence-electron chi connectivity index (χ1n) is 6.24. The average Bonchev–Trinajstić information content (AvgIpc) is 2.25. The SMILES string of the molecule is CCCCCOCC[C@@H]1CCCCN1. The smallest absolute Gasteiger partial charge is 0.0480 e. The van der Waals surface area contributed by atoms with Crippen LogP contribution in [0.2, 0.25) is 0 Å². The quantitative estimate of drug-likeness (QED) is 0.637. The van der Waals surface area contributed by atoms with Crippen molar-refractivity contribution in [1.29, 1.82) is 0 Å². The summed E-state index contributed by atoms with van der Waals surface area (Å²) in [6.45, 7) is 5.34. The fourth-order valence-corrected chi connectivity index (χ4v) is 1.95. The van der Waals surface area contributed by atoms with Crippen LogP contribution in [0.4, 0.5) is 0 Å². The van der Waals surface area contributed by atoms with E-state index in [1.807, 2.05) is 0 Å². The zero-order valence-corrected chi connectivity index (χ0v) is 9.56. The Bertz CT molecular complexity index is 121. The minimum atomic E-state index is 0.731. The molecule has 0 bridgehead atoms. The molecule has 84 valence electrons. The monoisotopic (exact) mass is 199 g/mol. The first kappa shape index (κ1) is 12.0. The van der Waals surface area contributed by atoms with Crippen LogP contribution in [0.5, 0.6) is 0 Å². The van der Waals surface area contributed by atoms with Crippen LogP contribution in [0.25, 0.3) is 0 Å².